The first-order valence-corrected chi connectivity index (χ1v) is 10.3. The van der Waals surface area contributed by atoms with E-state index in [0.29, 0.717) is 18.1 Å². The van der Waals surface area contributed by atoms with E-state index in [1.165, 1.54) is 6.07 Å². The van der Waals surface area contributed by atoms with Crippen LogP contribution in [0.4, 0.5) is 18.9 Å². The Bertz CT molecular complexity index is 1050. The topological polar surface area (TPSA) is 54.5 Å². The van der Waals surface area contributed by atoms with Gasteiger partial charge in [-0.1, -0.05) is 18.2 Å². The van der Waals surface area contributed by atoms with Crippen LogP contribution in [0.1, 0.15) is 29.9 Å². The van der Waals surface area contributed by atoms with Crippen LogP contribution < -0.4 is 4.90 Å². The van der Waals surface area contributed by atoms with Crippen LogP contribution >= 0.6 is 0 Å². The van der Waals surface area contributed by atoms with Crippen LogP contribution in [0.25, 0.3) is 0 Å². The number of carbonyl (C=O) groups is 1. The zero-order chi connectivity index (χ0) is 19.3. The second-order valence-corrected chi connectivity index (χ2v) is 8.85. The van der Waals surface area contributed by atoms with E-state index in [4.69, 9.17) is 0 Å². The molecule has 0 saturated heterocycles. The van der Waals surface area contributed by atoms with Crippen LogP contribution in [0, 0.1) is 17.5 Å². The summed E-state index contributed by atoms with van der Waals surface area (Å²) < 4.78 is 66.6. The second-order valence-electron chi connectivity index (χ2n) is 6.77. The summed E-state index contributed by atoms with van der Waals surface area (Å²) in [5, 5.41) is 0. The molecule has 1 amide bonds. The van der Waals surface area contributed by atoms with Crippen LogP contribution in [0.3, 0.4) is 0 Å². The maximum Gasteiger partial charge on any atom is 0.234 e. The fraction of sp³-hybridized carbons (Fsp3) is 0.316. The molecule has 2 aromatic carbocycles. The first-order valence-electron chi connectivity index (χ1n) is 8.60. The Kier molecular flexibility index (Phi) is 4.25. The second kappa shape index (κ2) is 6.37. The molecule has 1 unspecified atom stereocenters. The highest BCUT2D eigenvalue weighted by atomic mass is 32.2. The van der Waals surface area contributed by atoms with Gasteiger partial charge in [0, 0.05) is 18.2 Å². The number of nitrogens with zero attached hydrogens (tertiary/aromatic N) is 1. The molecular formula is C19H16F3NO3S. The van der Waals surface area contributed by atoms with Crippen molar-refractivity contribution in [3.8, 4) is 0 Å². The van der Waals surface area contributed by atoms with Crippen molar-refractivity contribution in [1.82, 2.24) is 0 Å². The molecule has 0 aliphatic carbocycles. The van der Waals surface area contributed by atoms with E-state index in [9.17, 15) is 26.4 Å². The van der Waals surface area contributed by atoms with Crippen LogP contribution in [0.15, 0.2) is 35.2 Å². The smallest absolute Gasteiger partial charge is 0.234 e. The minimum Gasteiger partial charge on any atom is -0.309 e. The van der Waals surface area contributed by atoms with Crippen LogP contribution in [0.2, 0.25) is 0 Å². The van der Waals surface area contributed by atoms with Crippen molar-refractivity contribution in [2.24, 2.45) is 0 Å². The number of halogens is 3. The Balaban J connectivity index is 1.79. The number of hydrogen-bond acceptors (Lipinski definition) is 3. The van der Waals surface area contributed by atoms with Gasteiger partial charge in [-0.3, -0.25) is 4.79 Å². The molecule has 2 aliphatic heterocycles. The summed E-state index contributed by atoms with van der Waals surface area (Å²) in [5.41, 5.74) is -0.0243. The number of rotatable bonds is 1. The summed E-state index contributed by atoms with van der Waals surface area (Å²) in [6.07, 6.45) is 0.565. The van der Waals surface area contributed by atoms with Gasteiger partial charge in [0.15, 0.2) is 21.5 Å². The first kappa shape index (κ1) is 18.0. The van der Waals surface area contributed by atoms with Gasteiger partial charge in [-0.2, -0.15) is 0 Å². The Morgan fingerprint density at radius 2 is 1.85 bits per heavy atom. The summed E-state index contributed by atoms with van der Waals surface area (Å²) in [7, 11) is -3.47. The minimum absolute atomic E-state index is 0.0648. The van der Waals surface area contributed by atoms with Gasteiger partial charge < -0.3 is 4.90 Å². The maximum absolute atomic E-state index is 14.4. The van der Waals surface area contributed by atoms with Gasteiger partial charge in [-0.25, -0.2) is 21.6 Å². The highest BCUT2D eigenvalue weighted by Crippen LogP contribution is 2.39. The van der Waals surface area contributed by atoms with Gasteiger partial charge in [0.25, 0.3) is 0 Å². The number of benzene rings is 2. The third kappa shape index (κ3) is 2.82. The fourth-order valence-electron chi connectivity index (χ4n) is 3.94. The third-order valence-electron chi connectivity index (χ3n) is 5.19. The molecule has 0 bridgehead atoms. The van der Waals surface area contributed by atoms with Gasteiger partial charge in [0.05, 0.1) is 22.3 Å². The fourth-order valence-corrected chi connectivity index (χ4v) is 5.56. The number of carbonyl (C=O) groups excluding carboxylic acids is 1. The monoisotopic (exact) mass is 395 g/mol. The molecule has 0 N–H and O–H groups in total. The normalized spacial score (nSPS) is 20.7. The molecule has 4 nitrogen and oxygen atoms in total. The molecule has 1 atom stereocenters. The average molecular weight is 395 g/mol. The molecule has 0 fully saturated rings. The predicted molar refractivity (Wildman–Crippen MR) is 92.8 cm³/mol. The number of amides is 1. The molecule has 0 saturated carbocycles. The molecule has 0 aromatic heterocycles. The summed E-state index contributed by atoms with van der Waals surface area (Å²) in [4.78, 5) is 14.4. The van der Waals surface area contributed by atoms with E-state index >= 15 is 0 Å². The van der Waals surface area contributed by atoms with Gasteiger partial charge >= 0.3 is 0 Å². The van der Waals surface area contributed by atoms with Crippen LogP contribution in [0.5, 0.6) is 0 Å². The Hall–Kier alpha value is -2.35. The Labute approximate surface area is 154 Å². The third-order valence-corrected chi connectivity index (χ3v) is 7.00. The molecule has 2 aliphatic rings. The standard InChI is InChI=1S/C19H16F3NO3S/c20-14-10-15(21)18-13(17(14)22)5-3-8-23(18)19(24)12-7-9-27(25,26)16-6-2-1-4-11(12)16/h1-2,4,6,10,12H,3,5,7-9H2. The molecule has 8 heteroatoms. The molecular weight excluding hydrogens is 379 g/mol. The van der Waals surface area contributed by atoms with Crippen molar-refractivity contribution in [3.05, 3.63) is 58.9 Å². The summed E-state index contributed by atoms with van der Waals surface area (Å²) in [6, 6.07) is 6.68. The van der Waals surface area contributed by atoms with E-state index in [1.807, 2.05) is 0 Å². The van der Waals surface area contributed by atoms with E-state index in [2.05, 4.69) is 0 Å². The van der Waals surface area contributed by atoms with Crippen LogP contribution in [-0.4, -0.2) is 26.6 Å². The largest absolute Gasteiger partial charge is 0.309 e. The molecule has 0 spiro atoms. The quantitative estimate of drug-likeness (QED) is 0.696. The molecule has 27 heavy (non-hydrogen) atoms. The van der Waals surface area contributed by atoms with Gasteiger partial charge in [0.1, 0.15) is 5.82 Å². The lowest BCUT2D eigenvalue weighted by Crippen LogP contribution is -2.41. The Morgan fingerprint density at radius 1 is 1.11 bits per heavy atom. The highest BCUT2D eigenvalue weighted by Gasteiger charge is 2.39. The first-order chi connectivity index (χ1) is 12.8. The van der Waals surface area contributed by atoms with Crippen LogP contribution in [-0.2, 0) is 21.1 Å². The maximum atomic E-state index is 14.4. The van der Waals surface area contributed by atoms with Crippen molar-refractivity contribution >= 4 is 21.4 Å². The van der Waals surface area contributed by atoms with E-state index in [0.717, 1.165) is 4.90 Å². The van der Waals surface area contributed by atoms with E-state index < -0.39 is 39.1 Å². The molecule has 2 heterocycles. The zero-order valence-corrected chi connectivity index (χ0v) is 15.0. The molecule has 0 radical (unpaired) electrons. The van der Waals surface area contributed by atoms with Crippen molar-refractivity contribution < 1.29 is 26.4 Å². The molecule has 4 rings (SSSR count). The van der Waals surface area contributed by atoms with Gasteiger partial charge in [-0.15, -0.1) is 0 Å². The number of sulfone groups is 1. The van der Waals surface area contributed by atoms with E-state index in [-0.39, 0.29) is 41.3 Å². The summed E-state index contributed by atoms with van der Waals surface area (Å²) in [5.74, 6) is -4.88. The minimum atomic E-state index is -3.47. The number of fused-ring (bicyclic) bond motifs is 2. The summed E-state index contributed by atoms with van der Waals surface area (Å²) in [6.45, 7) is 0.166. The number of hydrogen-bond donors (Lipinski definition) is 0. The van der Waals surface area contributed by atoms with E-state index in [1.54, 1.807) is 18.2 Å². The SMILES string of the molecule is O=C(C1CCS(=O)(=O)c2ccccc21)N1CCCc2c(F)c(F)cc(F)c21. The highest BCUT2D eigenvalue weighted by molar-refractivity contribution is 7.91. The lowest BCUT2D eigenvalue weighted by atomic mass is 9.92. The van der Waals surface area contributed by atoms with Crippen molar-refractivity contribution in [3.63, 3.8) is 0 Å². The number of anilines is 1. The summed E-state index contributed by atoms with van der Waals surface area (Å²) >= 11 is 0. The lowest BCUT2D eigenvalue weighted by molar-refractivity contribution is -0.120. The van der Waals surface area contributed by atoms with Gasteiger partial charge in [-0.05, 0) is 30.9 Å². The Morgan fingerprint density at radius 3 is 2.63 bits per heavy atom. The molecule has 142 valence electrons. The zero-order valence-electron chi connectivity index (χ0n) is 14.2. The van der Waals surface area contributed by atoms with Crippen molar-refractivity contribution in [2.75, 3.05) is 17.2 Å². The predicted octanol–water partition coefficient (Wildman–Crippen LogP) is 3.34. The lowest BCUT2D eigenvalue weighted by Gasteiger charge is -2.34. The van der Waals surface area contributed by atoms with Gasteiger partial charge in [0.2, 0.25) is 5.91 Å². The average Bonchev–Trinajstić information content (AvgIpc) is 2.65. The van der Waals surface area contributed by atoms with Crippen molar-refractivity contribution in [2.45, 2.75) is 30.1 Å². The van der Waals surface area contributed by atoms with Crippen molar-refractivity contribution in [1.29, 1.82) is 0 Å². The molecule has 2 aromatic rings.